The van der Waals surface area contributed by atoms with Gasteiger partial charge in [0, 0.05) is 6.42 Å². The number of aliphatic hydroxyl groups is 1. The van der Waals surface area contributed by atoms with Crippen molar-refractivity contribution in [1.29, 1.82) is 0 Å². The molecular weight excluding hydrogens is 258 g/mol. The molecule has 1 aliphatic heterocycles. The molecule has 1 unspecified atom stereocenters. The number of carbonyl (C=O) groups excluding carboxylic acids is 1. The normalized spacial score (nSPS) is 28.9. The van der Waals surface area contributed by atoms with Crippen LogP contribution in [0.2, 0.25) is 18.1 Å². The van der Waals surface area contributed by atoms with Crippen LogP contribution in [0.15, 0.2) is 0 Å². The fourth-order valence-corrected chi connectivity index (χ4v) is 3.45. The molecule has 0 aromatic carbocycles. The van der Waals surface area contributed by atoms with Gasteiger partial charge in [0.05, 0.1) is 0 Å². The van der Waals surface area contributed by atoms with E-state index in [9.17, 15) is 9.90 Å². The first-order chi connectivity index (χ1) is 8.36. The van der Waals surface area contributed by atoms with Gasteiger partial charge in [-0.1, -0.05) is 34.6 Å². The molecule has 1 amide bonds. The van der Waals surface area contributed by atoms with Crippen LogP contribution in [-0.4, -0.2) is 31.2 Å². The highest BCUT2D eigenvalue weighted by Gasteiger charge is 2.48. The highest BCUT2D eigenvalue weighted by molar-refractivity contribution is 6.74. The van der Waals surface area contributed by atoms with Crippen molar-refractivity contribution in [3.05, 3.63) is 0 Å². The largest absolute Gasteiger partial charge is 0.405 e. The number of amides is 1. The Balaban J connectivity index is 2.75. The molecular formula is C14H29NO3Si. The lowest BCUT2D eigenvalue weighted by molar-refractivity contribution is -0.126. The molecule has 0 aromatic rings. The van der Waals surface area contributed by atoms with Crippen LogP contribution >= 0.6 is 0 Å². The third-order valence-corrected chi connectivity index (χ3v) is 8.65. The third-order valence-electron chi connectivity index (χ3n) is 4.16. The van der Waals surface area contributed by atoms with Crippen molar-refractivity contribution in [3.8, 4) is 0 Å². The van der Waals surface area contributed by atoms with Crippen molar-refractivity contribution in [2.24, 2.45) is 5.92 Å². The predicted octanol–water partition coefficient (Wildman–Crippen LogP) is 2.63. The summed E-state index contributed by atoms with van der Waals surface area (Å²) in [6.07, 6.45) is 0.414. The highest BCUT2D eigenvalue weighted by atomic mass is 28.4. The molecule has 1 rings (SSSR count). The Hall–Kier alpha value is -0.393. The van der Waals surface area contributed by atoms with Crippen molar-refractivity contribution >= 4 is 14.2 Å². The number of nitrogens with one attached hydrogen (secondary N) is 1. The second kappa shape index (κ2) is 5.18. The van der Waals surface area contributed by atoms with E-state index >= 15 is 0 Å². The van der Waals surface area contributed by atoms with Gasteiger partial charge in [-0.25, -0.2) is 0 Å². The standard InChI is InChI=1S/C14H29NO3Si/c1-10(2)8-14(17)9-11(12(16)15-14)18-19(6,7)13(3,4)5/h10-11,17H,8-9H2,1-7H3,(H,15,16)/t11-,14?/m0/s1. The van der Waals surface area contributed by atoms with Crippen molar-refractivity contribution in [3.63, 3.8) is 0 Å². The second-order valence-corrected chi connectivity index (χ2v) is 12.4. The summed E-state index contributed by atoms with van der Waals surface area (Å²) in [5, 5.41) is 13.2. The zero-order chi connectivity index (χ0) is 15.1. The minimum atomic E-state index is -1.99. The Labute approximate surface area is 118 Å². The van der Waals surface area contributed by atoms with E-state index in [2.05, 4.69) is 39.2 Å². The molecule has 4 nitrogen and oxygen atoms in total. The minimum absolute atomic E-state index is 0.0615. The molecule has 0 radical (unpaired) electrons. The van der Waals surface area contributed by atoms with Gasteiger partial charge in [0.1, 0.15) is 11.8 Å². The van der Waals surface area contributed by atoms with E-state index in [-0.39, 0.29) is 10.9 Å². The maximum atomic E-state index is 12.0. The topological polar surface area (TPSA) is 58.6 Å². The highest BCUT2D eigenvalue weighted by Crippen LogP contribution is 2.39. The fourth-order valence-electron chi connectivity index (χ4n) is 2.20. The molecule has 0 bridgehead atoms. The van der Waals surface area contributed by atoms with Crippen molar-refractivity contribution in [2.45, 2.75) is 77.4 Å². The lowest BCUT2D eigenvalue weighted by Gasteiger charge is -2.37. The molecule has 2 atom stereocenters. The maximum Gasteiger partial charge on any atom is 0.250 e. The summed E-state index contributed by atoms with van der Waals surface area (Å²) in [4.78, 5) is 12.0. The molecule has 5 heteroatoms. The lowest BCUT2D eigenvalue weighted by atomic mass is 9.98. The number of hydrogen-bond acceptors (Lipinski definition) is 3. The molecule has 112 valence electrons. The van der Waals surface area contributed by atoms with Gasteiger partial charge >= 0.3 is 0 Å². The SMILES string of the molecule is CC(C)CC1(O)C[C@H](O[Si](C)(C)C(C)(C)C)C(=O)N1. The zero-order valence-corrected chi connectivity index (χ0v) is 14.3. The Morgan fingerprint density at radius 3 is 2.42 bits per heavy atom. The maximum absolute atomic E-state index is 12.0. The van der Waals surface area contributed by atoms with Crippen molar-refractivity contribution in [1.82, 2.24) is 5.32 Å². The Kier molecular flexibility index (Phi) is 4.55. The van der Waals surface area contributed by atoms with E-state index < -0.39 is 20.1 Å². The zero-order valence-electron chi connectivity index (χ0n) is 13.3. The van der Waals surface area contributed by atoms with Gasteiger partial charge in [-0.15, -0.1) is 0 Å². The fraction of sp³-hybridized carbons (Fsp3) is 0.929. The summed E-state index contributed by atoms with van der Waals surface area (Å²) >= 11 is 0. The third kappa shape index (κ3) is 4.03. The minimum Gasteiger partial charge on any atom is -0.405 e. The molecule has 2 N–H and O–H groups in total. The summed E-state index contributed by atoms with van der Waals surface area (Å²) in [6.45, 7) is 14.8. The molecule has 0 spiro atoms. The first-order valence-corrected chi connectivity index (χ1v) is 9.99. The molecule has 0 aliphatic carbocycles. The number of rotatable bonds is 4. The van der Waals surface area contributed by atoms with Gasteiger partial charge in [-0.2, -0.15) is 0 Å². The Morgan fingerprint density at radius 2 is 2.00 bits per heavy atom. The molecule has 1 fully saturated rings. The Morgan fingerprint density at radius 1 is 1.47 bits per heavy atom. The van der Waals surface area contributed by atoms with Crippen LogP contribution in [0.4, 0.5) is 0 Å². The van der Waals surface area contributed by atoms with Crippen LogP contribution < -0.4 is 5.32 Å². The average Bonchev–Trinajstić information content (AvgIpc) is 2.36. The number of hydrogen-bond donors (Lipinski definition) is 2. The van der Waals surface area contributed by atoms with E-state index in [4.69, 9.17) is 4.43 Å². The first kappa shape index (κ1) is 16.7. The summed E-state index contributed by atoms with van der Waals surface area (Å²) in [6, 6.07) is 0. The molecule has 0 saturated carbocycles. The van der Waals surface area contributed by atoms with E-state index in [1.54, 1.807) is 0 Å². The first-order valence-electron chi connectivity index (χ1n) is 7.08. The van der Waals surface area contributed by atoms with Crippen LogP contribution in [0.5, 0.6) is 0 Å². The smallest absolute Gasteiger partial charge is 0.250 e. The summed E-state index contributed by atoms with van der Waals surface area (Å²) in [5.41, 5.74) is -1.10. The lowest BCUT2D eigenvalue weighted by Crippen LogP contribution is -2.45. The van der Waals surface area contributed by atoms with Gasteiger partial charge in [-0.3, -0.25) is 4.79 Å². The van der Waals surface area contributed by atoms with Crippen LogP contribution in [0.1, 0.15) is 47.5 Å². The summed E-state index contributed by atoms with van der Waals surface area (Å²) in [5.74, 6) is 0.157. The van der Waals surface area contributed by atoms with Gasteiger partial charge in [-0.05, 0) is 30.5 Å². The molecule has 1 saturated heterocycles. The van der Waals surface area contributed by atoms with E-state index in [1.165, 1.54) is 0 Å². The van der Waals surface area contributed by atoms with Gasteiger partial charge in [0.15, 0.2) is 8.32 Å². The van der Waals surface area contributed by atoms with Gasteiger partial charge in [0.25, 0.3) is 0 Å². The molecule has 1 heterocycles. The monoisotopic (exact) mass is 287 g/mol. The van der Waals surface area contributed by atoms with E-state index in [1.807, 2.05) is 13.8 Å². The second-order valence-electron chi connectivity index (χ2n) is 7.69. The van der Waals surface area contributed by atoms with Crippen molar-refractivity contribution in [2.75, 3.05) is 0 Å². The van der Waals surface area contributed by atoms with E-state index in [0.717, 1.165) is 0 Å². The quantitative estimate of drug-likeness (QED) is 0.782. The molecule has 19 heavy (non-hydrogen) atoms. The van der Waals surface area contributed by atoms with Gasteiger partial charge in [0.2, 0.25) is 5.91 Å². The van der Waals surface area contributed by atoms with Gasteiger partial charge < -0.3 is 14.8 Å². The Bertz CT molecular complexity index is 349. The van der Waals surface area contributed by atoms with Crippen LogP contribution in [0.25, 0.3) is 0 Å². The number of carbonyl (C=O) groups is 1. The van der Waals surface area contributed by atoms with E-state index in [0.29, 0.717) is 18.8 Å². The molecule has 0 aromatic heterocycles. The average molecular weight is 287 g/mol. The summed E-state index contributed by atoms with van der Waals surface area (Å²) in [7, 11) is -1.99. The van der Waals surface area contributed by atoms with Crippen molar-refractivity contribution < 1.29 is 14.3 Å². The summed E-state index contributed by atoms with van der Waals surface area (Å²) < 4.78 is 6.12. The molecule has 1 aliphatic rings. The van der Waals surface area contributed by atoms with Crippen LogP contribution in [0.3, 0.4) is 0 Å². The van der Waals surface area contributed by atoms with Crippen LogP contribution in [0, 0.1) is 5.92 Å². The van der Waals surface area contributed by atoms with Crippen LogP contribution in [-0.2, 0) is 9.22 Å². The predicted molar refractivity (Wildman–Crippen MR) is 79.2 cm³/mol.